The summed E-state index contributed by atoms with van der Waals surface area (Å²) in [7, 11) is 0. The van der Waals surface area contributed by atoms with Gasteiger partial charge in [-0.25, -0.2) is 24.7 Å². The van der Waals surface area contributed by atoms with Gasteiger partial charge in [0.15, 0.2) is 5.82 Å². The van der Waals surface area contributed by atoms with E-state index in [0.717, 1.165) is 48.1 Å². The molecule has 10 heteroatoms. The lowest BCUT2D eigenvalue weighted by Crippen LogP contribution is -2.45. The molecule has 1 aromatic carbocycles. The van der Waals surface area contributed by atoms with Gasteiger partial charge in [0.2, 0.25) is 0 Å². The Morgan fingerprint density at radius 1 is 1.17 bits per heavy atom. The van der Waals surface area contributed by atoms with E-state index in [2.05, 4.69) is 37.3 Å². The third-order valence-corrected chi connectivity index (χ3v) is 6.31. The molecule has 2 aromatic heterocycles. The highest BCUT2D eigenvalue weighted by atomic mass is 16.5. The molecule has 1 saturated heterocycles. The minimum atomic E-state index is -0.223. The topological polar surface area (TPSA) is 108 Å². The van der Waals surface area contributed by atoms with Crippen molar-refractivity contribution in [2.24, 2.45) is 0 Å². The molecule has 5 rings (SSSR count). The molecule has 0 bridgehead atoms. The summed E-state index contributed by atoms with van der Waals surface area (Å²) in [6, 6.07) is 9.58. The summed E-state index contributed by atoms with van der Waals surface area (Å²) in [4.78, 5) is 35.0. The largest absolute Gasteiger partial charge is 0.377 e. The van der Waals surface area contributed by atoms with E-state index in [-0.39, 0.29) is 12.1 Å². The van der Waals surface area contributed by atoms with Gasteiger partial charge in [-0.15, -0.1) is 0 Å². The molecule has 0 unspecified atom stereocenters. The van der Waals surface area contributed by atoms with E-state index in [1.165, 1.54) is 5.56 Å². The van der Waals surface area contributed by atoms with Crippen LogP contribution in [0.2, 0.25) is 0 Å². The Bertz CT molecular complexity index is 1170. The number of ether oxygens (including phenoxy) is 1. The Balaban J connectivity index is 1.49. The number of nitrogens with zero attached hydrogens (tertiary/aromatic N) is 6. The minimum absolute atomic E-state index is 0.223. The summed E-state index contributed by atoms with van der Waals surface area (Å²) in [5.74, 6) is 2.56. The molecule has 4 heterocycles. The molecular formula is C25H30N8O2. The number of anilines is 3. The van der Waals surface area contributed by atoms with Gasteiger partial charge >= 0.3 is 6.03 Å². The molecule has 3 aromatic rings. The summed E-state index contributed by atoms with van der Waals surface area (Å²) >= 11 is 0. The second-order valence-corrected chi connectivity index (χ2v) is 8.71. The molecule has 182 valence electrons. The van der Waals surface area contributed by atoms with Crippen LogP contribution >= 0.6 is 0 Å². The number of aromatic nitrogens is 4. The van der Waals surface area contributed by atoms with Gasteiger partial charge in [0, 0.05) is 42.6 Å². The van der Waals surface area contributed by atoms with Crippen molar-refractivity contribution in [2.45, 2.75) is 32.9 Å². The Kier molecular flexibility index (Phi) is 6.71. The summed E-state index contributed by atoms with van der Waals surface area (Å²) in [6.07, 6.45) is 4.18. The highest BCUT2D eigenvalue weighted by molar-refractivity contribution is 5.89. The summed E-state index contributed by atoms with van der Waals surface area (Å²) in [5.41, 5.74) is 3.82. The van der Waals surface area contributed by atoms with Crippen molar-refractivity contribution in [1.82, 2.24) is 25.3 Å². The zero-order valence-electron chi connectivity index (χ0n) is 20.1. The average Bonchev–Trinajstić information content (AvgIpc) is 2.89. The van der Waals surface area contributed by atoms with Crippen molar-refractivity contribution in [3.63, 3.8) is 0 Å². The maximum atomic E-state index is 11.8. The Hall–Kier alpha value is -3.79. The maximum Gasteiger partial charge on any atom is 0.319 e. The van der Waals surface area contributed by atoms with Crippen molar-refractivity contribution in [2.75, 3.05) is 48.0 Å². The smallest absolute Gasteiger partial charge is 0.319 e. The Morgan fingerprint density at radius 3 is 2.77 bits per heavy atom. The quantitative estimate of drug-likeness (QED) is 0.581. The average molecular weight is 475 g/mol. The number of morpholine rings is 1. The molecule has 0 aliphatic carbocycles. The van der Waals surface area contributed by atoms with E-state index in [9.17, 15) is 4.79 Å². The van der Waals surface area contributed by atoms with E-state index >= 15 is 0 Å². The lowest BCUT2D eigenvalue weighted by atomic mass is 10.0. The fourth-order valence-corrected chi connectivity index (χ4v) is 4.52. The lowest BCUT2D eigenvalue weighted by molar-refractivity contribution is 0.0984. The van der Waals surface area contributed by atoms with Gasteiger partial charge in [-0.3, -0.25) is 0 Å². The van der Waals surface area contributed by atoms with E-state index < -0.39 is 0 Å². The zero-order chi connectivity index (χ0) is 24.2. The second-order valence-electron chi connectivity index (χ2n) is 8.71. The van der Waals surface area contributed by atoms with Gasteiger partial charge in [0.25, 0.3) is 0 Å². The zero-order valence-corrected chi connectivity index (χ0v) is 20.1. The Morgan fingerprint density at radius 2 is 2.03 bits per heavy atom. The van der Waals surface area contributed by atoms with Crippen molar-refractivity contribution in [1.29, 1.82) is 0 Å². The number of amides is 2. The number of benzene rings is 1. The van der Waals surface area contributed by atoms with Gasteiger partial charge in [-0.1, -0.05) is 0 Å². The van der Waals surface area contributed by atoms with Gasteiger partial charge in [0.05, 0.1) is 31.5 Å². The fourth-order valence-electron chi connectivity index (χ4n) is 4.52. The highest BCUT2D eigenvalue weighted by Gasteiger charge is 2.29. The fraction of sp³-hybridized carbons (Fsp3) is 0.400. The number of carbonyl (C=O) groups is 1. The van der Waals surface area contributed by atoms with Crippen LogP contribution < -0.4 is 20.4 Å². The van der Waals surface area contributed by atoms with Crippen LogP contribution in [0.15, 0.2) is 42.9 Å². The monoisotopic (exact) mass is 474 g/mol. The van der Waals surface area contributed by atoms with Crippen molar-refractivity contribution < 1.29 is 9.53 Å². The molecular weight excluding hydrogens is 444 g/mol. The van der Waals surface area contributed by atoms with Gasteiger partial charge in [-0.2, -0.15) is 0 Å². The van der Waals surface area contributed by atoms with Gasteiger partial charge < -0.3 is 25.2 Å². The first-order chi connectivity index (χ1) is 17.1. The second kappa shape index (κ2) is 10.2. The minimum Gasteiger partial charge on any atom is -0.377 e. The van der Waals surface area contributed by atoms with E-state index in [4.69, 9.17) is 14.7 Å². The van der Waals surface area contributed by atoms with E-state index in [1.54, 1.807) is 12.5 Å². The predicted molar refractivity (Wildman–Crippen MR) is 135 cm³/mol. The standard InChI is InChI=1S/C25H30N8O2/c1-3-27-25(34)29-19-6-4-18(5-7-19)23-30-21-14-32(22-8-10-26-16-28-22)11-9-20(21)24(31-23)33-12-13-35-15-17(33)2/h4-8,10,16-17H,3,9,11-15H2,1-2H3,(H2,27,29,34)/t17-/m0/s1. The van der Waals surface area contributed by atoms with Crippen LogP contribution in [0.25, 0.3) is 11.4 Å². The number of nitrogens with one attached hydrogen (secondary N) is 2. The first-order valence-corrected chi connectivity index (χ1v) is 12.0. The number of carbonyl (C=O) groups excluding carboxylic acids is 1. The molecule has 0 saturated carbocycles. The summed E-state index contributed by atoms with van der Waals surface area (Å²) in [6.45, 7) is 8.30. The number of hydrogen-bond donors (Lipinski definition) is 2. The molecule has 2 amide bonds. The molecule has 1 atom stereocenters. The normalized spacial score (nSPS) is 17.6. The van der Waals surface area contributed by atoms with Crippen LogP contribution in [-0.4, -0.2) is 64.9 Å². The first-order valence-electron chi connectivity index (χ1n) is 12.0. The molecule has 10 nitrogen and oxygen atoms in total. The first kappa shape index (κ1) is 23.0. The highest BCUT2D eigenvalue weighted by Crippen LogP contribution is 2.32. The van der Waals surface area contributed by atoms with Crippen molar-refractivity contribution >= 4 is 23.4 Å². The van der Waals surface area contributed by atoms with Crippen LogP contribution in [-0.2, 0) is 17.7 Å². The number of rotatable bonds is 5. The van der Waals surface area contributed by atoms with E-state index in [1.807, 2.05) is 37.3 Å². The van der Waals surface area contributed by atoms with Crippen LogP contribution in [0.5, 0.6) is 0 Å². The molecule has 2 N–H and O–H groups in total. The molecule has 1 fully saturated rings. The molecule has 0 radical (unpaired) electrons. The third-order valence-electron chi connectivity index (χ3n) is 6.31. The summed E-state index contributed by atoms with van der Waals surface area (Å²) < 4.78 is 5.68. The molecule has 35 heavy (non-hydrogen) atoms. The van der Waals surface area contributed by atoms with Crippen LogP contribution in [0, 0.1) is 0 Å². The predicted octanol–water partition coefficient (Wildman–Crippen LogP) is 2.86. The van der Waals surface area contributed by atoms with Crippen molar-refractivity contribution in [3.05, 3.63) is 54.1 Å². The van der Waals surface area contributed by atoms with Crippen LogP contribution in [0.4, 0.5) is 22.1 Å². The number of fused-ring (bicyclic) bond motifs is 1. The molecule has 2 aliphatic rings. The van der Waals surface area contributed by atoms with E-state index in [0.29, 0.717) is 32.1 Å². The van der Waals surface area contributed by atoms with Gasteiger partial charge in [0.1, 0.15) is 18.0 Å². The lowest BCUT2D eigenvalue weighted by Gasteiger charge is -2.38. The molecule has 2 aliphatic heterocycles. The summed E-state index contributed by atoms with van der Waals surface area (Å²) in [5, 5.41) is 5.57. The van der Waals surface area contributed by atoms with Crippen LogP contribution in [0.1, 0.15) is 25.1 Å². The van der Waals surface area contributed by atoms with Crippen LogP contribution in [0.3, 0.4) is 0 Å². The number of hydrogen-bond acceptors (Lipinski definition) is 8. The Labute approximate surface area is 204 Å². The maximum absolute atomic E-state index is 11.8. The molecule has 0 spiro atoms. The van der Waals surface area contributed by atoms with Crippen molar-refractivity contribution in [3.8, 4) is 11.4 Å². The van der Waals surface area contributed by atoms with Gasteiger partial charge in [-0.05, 0) is 50.6 Å². The number of urea groups is 1. The SMILES string of the molecule is CCNC(=O)Nc1ccc(-c2nc3c(c(N4CCOC[C@@H]4C)n2)CCN(c2ccncn2)C3)cc1. The third kappa shape index (κ3) is 5.02.